The number of pyridine rings is 1. The van der Waals surface area contributed by atoms with Gasteiger partial charge in [0.2, 0.25) is 15.0 Å². The molecule has 9 nitrogen and oxygen atoms in total. The minimum atomic E-state index is -3.82. The SMILES string of the molecule is CCS(=O)(=O)c1nc2c3c(nc(Cl)c(F)c3n1)[C@@H](C)C[C@H]1[C@@H]3CC[C@H](CN21)N3C(=O)OC(C)(C)C. The van der Waals surface area contributed by atoms with Gasteiger partial charge in [-0.25, -0.2) is 32.6 Å². The van der Waals surface area contributed by atoms with Crippen LogP contribution < -0.4 is 4.90 Å². The quantitative estimate of drug-likeness (QED) is 0.426. The summed E-state index contributed by atoms with van der Waals surface area (Å²) < 4.78 is 46.4. The molecule has 2 saturated heterocycles. The summed E-state index contributed by atoms with van der Waals surface area (Å²) in [5.41, 5.74) is -0.219. The number of carbonyl (C=O) groups excluding carboxylic acids is 1. The van der Waals surface area contributed by atoms with Gasteiger partial charge in [-0.2, -0.15) is 0 Å². The predicted molar refractivity (Wildman–Crippen MR) is 129 cm³/mol. The van der Waals surface area contributed by atoms with Crippen LogP contribution in [0.15, 0.2) is 5.16 Å². The van der Waals surface area contributed by atoms with Crippen LogP contribution in [0.1, 0.15) is 65.5 Å². The summed E-state index contributed by atoms with van der Waals surface area (Å²) in [5.74, 6) is -0.889. The number of fused-ring (bicyclic) bond motifs is 5. The number of hydrogen-bond acceptors (Lipinski definition) is 8. The van der Waals surface area contributed by atoms with Gasteiger partial charge in [0.1, 0.15) is 16.9 Å². The number of ether oxygens (including phenoxy) is 1. The highest BCUT2D eigenvalue weighted by molar-refractivity contribution is 7.91. The molecule has 2 fully saturated rings. The van der Waals surface area contributed by atoms with Crippen LogP contribution in [-0.2, 0) is 14.6 Å². The minimum Gasteiger partial charge on any atom is -0.444 e. The van der Waals surface area contributed by atoms with E-state index < -0.39 is 26.4 Å². The van der Waals surface area contributed by atoms with Crippen molar-refractivity contribution in [3.8, 4) is 0 Å². The molecule has 0 aromatic carbocycles. The highest BCUT2D eigenvalue weighted by atomic mass is 35.5. The number of carbonyl (C=O) groups is 1. The van der Waals surface area contributed by atoms with Crippen LogP contribution in [0.4, 0.5) is 15.0 Å². The number of rotatable bonds is 2. The van der Waals surface area contributed by atoms with Gasteiger partial charge >= 0.3 is 6.09 Å². The lowest BCUT2D eigenvalue weighted by Gasteiger charge is -2.47. The maximum Gasteiger partial charge on any atom is 0.410 e. The summed E-state index contributed by atoms with van der Waals surface area (Å²) in [6.45, 7) is 9.40. The Morgan fingerprint density at radius 1 is 1.20 bits per heavy atom. The average molecular weight is 526 g/mol. The van der Waals surface area contributed by atoms with Crippen molar-refractivity contribution >= 4 is 44.3 Å². The first kappa shape index (κ1) is 24.4. The number of anilines is 1. The van der Waals surface area contributed by atoms with Crippen LogP contribution in [0.2, 0.25) is 5.15 Å². The molecule has 5 rings (SSSR count). The number of hydrogen-bond donors (Lipinski definition) is 0. The molecule has 0 unspecified atom stereocenters. The van der Waals surface area contributed by atoms with Crippen LogP contribution in [0.25, 0.3) is 10.9 Å². The summed E-state index contributed by atoms with van der Waals surface area (Å²) in [4.78, 5) is 30.0. The highest BCUT2D eigenvalue weighted by Gasteiger charge is 2.52. The molecule has 2 aromatic rings. The smallest absolute Gasteiger partial charge is 0.410 e. The Bertz CT molecular complexity index is 1330. The van der Waals surface area contributed by atoms with E-state index in [-0.39, 0.29) is 46.6 Å². The molecule has 2 aromatic heterocycles. The van der Waals surface area contributed by atoms with Crippen molar-refractivity contribution in [3.05, 3.63) is 16.7 Å². The molecule has 1 amide bonds. The van der Waals surface area contributed by atoms with Gasteiger partial charge in [0, 0.05) is 12.5 Å². The predicted octanol–water partition coefficient (Wildman–Crippen LogP) is 4.07. The lowest BCUT2D eigenvalue weighted by atomic mass is 9.92. The van der Waals surface area contributed by atoms with Gasteiger partial charge in [0.25, 0.3) is 0 Å². The van der Waals surface area contributed by atoms with Crippen molar-refractivity contribution in [3.63, 3.8) is 0 Å². The molecule has 0 saturated carbocycles. The van der Waals surface area contributed by atoms with Crippen molar-refractivity contribution < 1.29 is 22.3 Å². The molecule has 3 aliphatic heterocycles. The number of piperazine rings is 1. The number of halogens is 2. The van der Waals surface area contributed by atoms with E-state index in [1.54, 1.807) is 0 Å². The summed E-state index contributed by atoms with van der Waals surface area (Å²) >= 11 is 6.13. The molecule has 3 aliphatic rings. The number of aromatic nitrogens is 3. The summed E-state index contributed by atoms with van der Waals surface area (Å²) in [7, 11) is -3.82. The highest BCUT2D eigenvalue weighted by Crippen LogP contribution is 2.46. The first-order valence-electron chi connectivity index (χ1n) is 11.9. The zero-order chi connectivity index (χ0) is 25.4. The summed E-state index contributed by atoms with van der Waals surface area (Å²) in [6.07, 6.45) is 1.82. The Hall–Kier alpha value is -2.27. The molecular formula is C23H29ClFN5O4S. The maximum atomic E-state index is 15.2. The van der Waals surface area contributed by atoms with E-state index in [0.29, 0.717) is 29.9 Å². The first-order chi connectivity index (χ1) is 16.3. The average Bonchev–Trinajstić information content (AvgIpc) is 3.06. The molecule has 0 spiro atoms. The normalized spacial score (nSPS) is 26.0. The largest absolute Gasteiger partial charge is 0.444 e. The molecule has 190 valence electrons. The monoisotopic (exact) mass is 525 g/mol. The summed E-state index contributed by atoms with van der Waals surface area (Å²) in [6, 6.07) is -0.469. The first-order valence-corrected chi connectivity index (χ1v) is 13.9. The second-order valence-electron chi connectivity index (χ2n) is 10.6. The lowest BCUT2D eigenvalue weighted by Crippen LogP contribution is -2.62. The number of nitrogens with zero attached hydrogens (tertiary/aromatic N) is 5. The molecule has 12 heteroatoms. The third kappa shape index (κ3) is 3.91. The van der Waals surface area contributed by atoms with Gasteiger partial charge in [-0.3, -0.25) is 4.90 Å². The van der Waals surface area contributed by atoms with E-state index in [1.807, 2.05) is 37.5 Å². The maximum absolute atomic E-state index is 15.2. The second-order valence-corrected chi connectivity index (χ2v) is 13.1. The van der Waals surface area contributed by atoms with Crippen molar-refractivity contribution in [2.24, 2.45) is 0 Å². The Morgan fingerprint density at radius 2 is 1.91 bits per heavy atom. The zero-order valence-electron chi connectivity index (χ0n) is 20.4. The molecule has 2 bridgehead atoms. The summed E-state index contributed by atoms with van der Waals surface area (Å²) in [5, 5.41) is -0.382. The Kier molecular flexibility index (Phi) is 5.67. The van der Waals surface area contributed by atoms with Crippen molar-refractivity contribution in [2.75, 3.05) is 17.2 Å². The molecular weight excluding hydrogens is 497 g/mol. The lowest BCUT2D eigenvalue weighted by molar-refractivity contribution is 0.00693. The van der Waals surface area contributed by atoms with Crippen LogP contribution in [0.5, 0.6) is 0 Å². The van der Waals surface area contributed by atoms with Gasteiger partial charge < -0.3 is 9.64 Å². The fraction of sp³-hybridized carbons (Fsp3) is 0.652. The van der Waals surface area contributed by atoms with E-state index in [1.165, 1.54) is 6.92 Å². The Morgan fingerprint density at radius 3 is 2.57 bits per heavy atom. The van der Waals surface area contributed by atoms with E-state index in [0.717, 1.165) is 12.8 Å². The molecule has 0 N–H and O–H groups in total. The van der Waals surface area contributed by atoms with E-state index in [2.05, 4.69) is 15.0 Å². The fourth-order valence-corrected chi connectivity index (χ4v) is 6.50. The number of amides is 1. The van der Waals surface area contributed by atoms with Crippen LogP contribution in [-0.4, -0.2) is 70.4 Å². The third-order valence-corrected chi connectivity index (χ3v) is 8.88. The van der Waals surface area contributed by atoms with E-state index in [4.69, 9.17) is 16.3 Å². The topological polar surface area (TPSA) is 106 Å². The molecule has 35 heavy (non-hydrogen) atoms. The Balaban J connectivity index is 1.69. The standard InChI is InChI=1S/C23H29ClFN5O4S/c1-6-35(32,33)21-27-18-15-17(26-19(24)16(18)25)11(2)9-14-13-8-7-12(10-29(14)20(15)28-21)30(13)22(31)34-23(3,4)5/h11-14H,6-10H2,1-5H3/t11-,12+,13-,14-/m0/s1. The molecule has 4 atom stereocenters. The number of sulfone groups is 1. The third-order valence-electron chi connectivity index (χ3n) is 7.13. The second kappa shape index (κ2) is 8.12. The van der Waals surface area contributed by atoms with Gasteiger partial charge in [-0.15, -0.1) is 0 Å². The van der Waals surface area contributed by atoms with Gasteiger partial charge in [0.15, 0.2) is 11.0 Å². The van der Waals surface area contributed by atoms with Crippen LogP contribution in [0, 0.1) is 5.82 Å². The van der Waals surface area contributed by atoms with Gasteiger partial charge in [0.05, 0.1) is 35.0 Å². The van der Waals surface area contributed by atoms with Gasteiger partial charge in [-0.05, 0) is 40.0 Å². The molecule has 0 radical (unpaired) electrons. The fourth-order valence-electron chi connectivity index (χ4n) is 5.60. The minimum absolute atomic E-state index is 0.133. The zero-order valence-corrected chi connectivity index (χ0v) is 22.0. The van der Waals surface area contributed by atoms with Crippen molar-refractivity contribution in [2.45, 2.75) is 88.7 Å². The molecule has 0 aliphatic carbocycles. The van der Waals surface area contributed by atoms with E-state index in [9.17, 15) is 13.2 Å². The van der Waals surface area contributed by atoms with E-state index >= 15 is 4.39 Å². The molecule has 5 heterocycles. The van der Waals surface area contributed by atoms with Crippen molar-refractivity contribution in [1.82, 2.24) is 19.9 Å². The van der Waals surface area contributed by atoms with Crippen molar-refractivity contribution in [1.29, 1.82) is 0 Å². The van der Waals surface area contributed by atoms with Crippen LogP contribution >= 0.6 is 11.6 Å². The Labute approximate surface area is 208 Å². The van der Waals surface area contributed by atoms with Gasteiger partial charge in [-0.1, -0.05) is 25.4 Å². The van der Waals surface area contributed by atoms with Crippen LogP contribution in [0.3, 0.4) is 0 Å².